The molecule has 19 heteroatoms. The first-order chi connectivity index (χ1) is 27.3. The molecule has 2 aromatic heterocycles. The third-order valence-electron chi connectivity index (χ3n) is 8.63. The molecular formula is C39H51N8O10P. The van der Waals surface area contributed by atoms with Gasteiger partial charge in [-0.3, -0.25) is 28.7 Å². The van der Waals surface area contributed by atoms with Gasteiger partial charge in [0, 0.05) is 38.5 Å². The number of nitrogens with one attached hydrogen (secondary N) is 4. The van der Waals surface area contributed by atoms with Crippen LogP contribution in [-0.4, -0.2) is 110 Å². The van der Waals surface area contributed by atoms with Crippen LogP contribution in [0.15, 0.2) is 59.7 Å². The zero-order valence-electron chi connectivity index (χ0n) is 33.5. The van der Waals surface area contributed by atoms with Crippen molar-refractivity contribution in [1.82, 2.24) is 35.1 Å². The number of fused-ring (bicyclic) bond motifs is 4. The summed E-state index contributed by atoms with van der Waals surface area (Å²) in [4.78, 5) is 75.2. The first-order valence-electron chi connectivity index (χ1n) is 18.9. The molecule has 5 N–H and O–H groups in total. The largest absolute Gasteiger partial charge is 0.480 e. The van der Waals surface area contributed by atoms with Crippen molar-refractivity contribution in [3.63, 3.8) is 0 Å². The number of rotatable bonds is 18. The number of alkyl carbamates (subject to hydrolysis) is 1. The maximum Gasteiger partial charge on any atom is 0.407 e. The zero-order chi connectivity index (χ0) is 42.3. The predicted molar refractivity (Wildman–Crippen MR) is 216 cm³/mol. The number of carboxylic acid groups (broad SMARTS) is 1. The number of aliphatic carboxylic acids is 1. The van der Waals surface area contributed by atoms with E-state index >= 15 is 0 Å². The van der Waals surface area contributed by atoms with E-state index in [4.69, 9.17) is 13.8 Å². The number of H-pyrrole nitrogens is 1. The monoisotopic (exact) mass is 822 g/mol. The van der Waals surface area contributed by atoms with E-state index < -0.39 is 55.4 Å². The van der Waals surface area contributed by atoms with Crippen molar-refractivity contribution in [3.8, 4) is 11.1 Å². The molecule has 58 heavy (non-hydrogen) atoms. The summed E-state index contributed by atoms with van der Waals surface area (Å²) in [6, 6.07) is 15.9. The normalized spacial score (nSPS) is 12.8. The van der Waals surface area contributed by atoms with Gasteiger partial charge in [0.1, 0.15) is 19.7 Å². The van der Waals surface area contributed by atoms with Crippen LogP contribution in [0, 0.1) is 0 Å². The number of benzene rings is 2. The van der Waals surface area contributed by atoms with Gasteiger partial charge in [0.05, 0.1) is 23.7 Å². The lowest BCUT2D eigenvalue weighted by Gasteiger charge is -2.32. The number of aromatic nitrogens is 4. The van der Waals surface area contributed by atoms with Gasteiger partial charge < -0.3 is 44.3 Å². The Morgan fingerprint density at radius 2 is 1.53 bits per heavy atom. The van der Waals surface area contributed by atoms with E-state index in [2.05, 4.69) is 30.9 Å². The van der Waals surface area contributed by atoms with E-state index in [1.807, 2.05) is 48.5 Å². The molecule has 1 aliphatic rings. The molecule has 5 rings (SSSR count). The van der Waals surface area contributed by atoms with Crippen LogP contribution in [0.5, 0.6) is 0 Å². The number of hydrogen-bond donors (Lipinski definition) is 5. The van der Waals surface area contributed by atoms with Crippen molar-refractivity contribution in [2.75, 3.05) is 50.8 Å². The van der Waals surface area contributed by atoms with E-state index in [1.54, 1.807) is 41.5 Å². The standard InChI is InChI=1S/C39H51N8O10P/c1-38(2,3)56-58(54,57-39(4,5)6)20-15-30(48)40-16-17-41-36-44-34-33(35(52)45-36)43-24-47(34)21-31(49)46(22-32(50)51)19-18-42-37(53)55-23-29-27-13-9-7-11-25(27)26-12-8-10-14-28(26)29/h7-14,24,29H,15-23H2,1-6H3,(H,40,48)(H,42,53)(H,50,51)(H2,41,44,45,52). The molecular weight excluding hydrogens is 771 g/mol. The average Bonchev–Trinajstić information content (AvgIpc) is 3.68. The minimum Gasteiger partial charge on any atom is -0.480 e. The molecule has 0 aliphatic heterocycles. The van der Waals surface area contributed by atoms with Crippen LogP contribution >= 0.6 is 7.60 Å². The number of amides is 3. The summed E-state index contributed by atoms with van der Waals surface area (Å²) >= 11 is 0. The van der Waals surface area contributed by atoms with Crippen molar-refractivity contribution in [2.45, 2.75) is 71.6 Å². The zero-order valence-corrected chi connectivity index (χ0v) is 34.4. The van der Waals surface area contributed by atoms with E-state index in [9.17, 15) is 33.6 Å². The first kappa shape index (κ1) is 43.5. The number of aromatic amines is 1. The Bertz CT molecular complexity index is 2180. The van der Waals surface area contributed by atoms with Gasteiger partial charge in [0.25, 0.3) is 5.56 Å². The lowest BCUT2D eigenvalue weighted by molar-refractivity contribution is -0.144. The number of imidazole rings is 1. The Hall–Kier alpha value is -5.58. The molecule has 4 aromatic rings. The van der Waals surface area contributed by atoms with Crippen LogP contribution < -0.4 is 21.5 Å². The summed E-state index contributed by atoms with van der Waals surface area (Å²) in [5.41, 5.74) is 2.21. The van der Waals surface area contributed by atoms with Crippen LogP contribution in [-0.2, 0) is 39.3 Å². The van der Waals surface area contributed by atoms with Gasteiger partial charge in [-0.1, -0.05) is 48.5 Å². The van der Waals surface area contributed by atoms with Crippen LogP contribution in [0.4, 0.5) is 10.7 Å². The molecule has 0 fully saturated rings. The Morgan fingerprint density at radius 3 is 2.14 bits per heavy atom. The molecule has 0 saturated carbocycles. The minimum atomic E-state index is -3.60. The Kier molecular flexibility index (Phi) is 13.8. The van der Waals surface area contributed by atoms with Gasteiger partial charge in [-0.2, -0.15) is 4.98 Å². The molecule has 18 nitrogen and oxygen atoms in total. The topological polar surface area (TPSA) is 236 Å². The number of carboxylic acids is 1. The smallest absolute Gasteiger partial charge is 0.407 e. The van der Waals surface area contributed by atoms with E-state index in [0.717, 1.165) is 27.2 Å². The molecule has 1 aliphatic carbocycles. The lowest BCUT2D eigenvalue weighted by Crippen LogP contribution is -2.42. The van der Waals surface area contributed by atoms with Gasteiger partial charge in [-0.25, -0.2) is 9.78 Å². The van der Waals surface area contributed by atoms with Crippen LogP contribution in [0.2, 0.25) is 0 Å². The second-order valence-electron chi connectivity index (χ2n) is 15.7. The molecule has 0 bridgehead atoms. The maximum atomic E-state index is 13.4. The van der Waals surface area contributed by atoms with E-state index in [-0.39, 0.29) is 74.3 Å². The fourth-order valence-corrected chi connectivity index (χ4v) is 8.82. The third kappa shape index (κ3) is 12.0. The lowest BCUT2D eigenvalue weighted by atomic mass is 9.98. The van der Waals surface area contributed by atoms with Crippen molar-refractivity contribution in [1.29, 1.82) is 0 Å². The summed E-state index contributed by atoms with van der Waals surface area (Å²) in [5, 5.41) is 17.7. The first-order valence-corrected chi connectivity index (χ1v) is 20.6. The highest BCUT2D eigenvalue weighted by molar-refractivity contribution is 7.54. The Labute approximate surface area is 335 Å². The summed E-state index contributed by atoms with van der Waals surface area (Å²) in [7, 11) is -3.60. The minimum absolute atomic E-state index is 0.0392. The van der Waals surface area contributed by atoms with Crippen LogP contribution in [0.1, 0.15) is 65.0 Å². The van der Waals surface area contributed by atoms with Crippen LogP contribution in [0.25, 0.3) is 22.3 Å². The summed E-state index contributed by atoms with van der Waals surface area (Å²) < 4.78 is 31.7. The maximum absolute atomic E-state index is 13.4. The average molecular weight is 823 g/mol. The number of nitrogens with zero attached hydrogens (tertiary/aromatic N) is 4. The molecule has 0 radical (unpaired) electrons. The molecule has 2 aromatic carbocycles. The van der Waals surface area contributed by atoms with E-state index in [0.29, 0.717) is 0 Å². The highest BCUT2D eigenvalue weighted by Crippen LogP contribution is 2.54. The van der Waals surface area contributed by atoms with E-state index in [1.165, 1.54) is 10.9 Å². The Balaban J connectivity index is 1.11. The highest BCUT2D eigenvalue weighted by atomic mass is 31.2. The predicted octanol–water partition coefficient (Wildman–Crippen LogP) is 4.31. The Morgan fingerprint density at radius 1 is 0.914 bits per heavy atom. The summed E-state index contributed by atoms with van der Waals surface area (Å²) in [6.45, 7) is 9.61. The summed E-state index contributed by atoms with van der Waals surface area (Å²) in [5.74, 6) is -2.37. The van der Waals surface area contributed by atoms with Crippen molar-refractivity contribution in [3.05, 3.63) is 76.3 Å². The van der Waals surface area contributed by atoms with Gasteiger partial charge in [-0.05, 0) is 63.8 Å². The summed E-state index contributed by atoms with van der Waals surface area (Å²) in [6.07, 6.45) is 0.306. The number of anilines is 1. The SMILES string of the molecule is CC(C)(C)OP(=O)(CCC(=O)NCCNc1nc2c(ncn2CC(=O)N(CCNC(=O)OCC2c3ccccc3-c3ccccc32)CC(=O)O)c(=O)[nH]1)OC(C)(C)C. The molecule has 2 heterocycles. The second-order valence-corrected chi connectivity index (χ2v) is 17.7. The van der Waals surface area contributed by atoms with Gasteiger partial charge >= 0.3 is 19.7 Å². The molecule has 0 unspecified atom stereocenters. The third-order valence-corrected chi connectivity index (χ3v) is 11.1. The van der Waals surface area contributed by atoms with Crippen LogP contribution in [0.3, 0.4) is 0 Å². The van der Waals surface area contributed by atoms with Crippen molar-refractivity contribution >= 4 is 48.6 Å². The highest BCUT2D eigenvalue weighted by Gasteiger charge is 2.35. The molecule has 0 spiro atoms. The quantitative estimate of drug-likeness (QED) is 0.0696. The van der Waals surface area contributed by atoms with Gasteiger partial charge in [0.15, 0.2) is 11.2 Å². The number of carbonyl (C=O) groups excluding carboxylic acids is 3. The second kappa shape index (κ2) is 18.3. The van der Waals surface area contributed by atoms with Gasteiger partial charge in [0.2, 0.25) is 17.8 Å². The van der Waals surface area contributed by atoms with Gasteiger partial charge in [-0.15, -0.1) is 0 Å². The van der Waals surface area contributed by atoms with Crippen molar-refractivity contribution in [2.24, 2.45) is 0 Å². The molecule has 312 valence electrons. The fraction of sp³-hybridized carbons (Fsp3) is 0.462. The molecule has 3 amide bonds. The molecule has 0 atom stereocenters. The number of hydrogen-bond acceptors (Lipinski definition) is 12. The number of ether oxygens (including phenoxy) is 1. The fourth-order valence-electron chi connectivity index (χ4n) is 6.45. The van der Waals surface area contributed by atoms with Crippen molar-refractivity contribution < 1.29 is 42.6 Å². The number of carbonyl (C=O) groups is 4. The molecule has 0 saturated heterocycles.